The maximum atomic E-state index is 13.8. The number of hydrogen-bond donors (Lipinski definition) is 1. The van der Waals surface area contributed by atoms with Crippen LogP contribution in [0.4, 0.5) is 5.69 Å². The van der Waals surface area contributed by atoms with Gasteiger partial charge >= 0.3 is 0 Å². The molecule has 1 aromatic carbocycles. The second-order valence-corrected chi connectivity index (χ2v) is 12.0. The predicted octanol–water partition coefficient (Wildman–Crippen LogP) is 2.96. The summed E-state index contributed by atoms with van der Waals surface area (Å²) in [6.07, 6.45) is 2.26. The van der Waals surface area contributed by atoms with Gasteiger partial charge in [0.15, 0.2) is 5.78 Å². The van der Waals surface area contributed by atoms with Crippen LogP contribution in [-0.4, -0.2) is 91.5 Å². The number of ether oxygens (including phenoxy) is 1. The van der Waals surface area contributed by atoms with Crippen LogP contribution >= 0.6 is 0 Å². The molecule has 3 heterocycles. The summed E-state index contributed by atoms with van der Waals surface area (Å²) in [7, 11) is 0. The van der Waals surface area contributed by atoms with Gasteiger partial charge in [-0.15, -0.1) is 0 Å². The Morgan fingerprint density at radius 2 is 1.76 bits per heavy atom. The van der Waals surface area contributed by atoms with Crippen molar-refractivity contribution in [2.75, 3.05) is 50.8 Å². The molecule has 0 spiro atoms. The number of carbonyl (C=O) groups excluding carboxylic acids is 3. The lowest BCUT2D eigenvalue weighted by atomic mass is 9.87. The van der Waals surface area contributed by atoms with Crippen molar-refractivity contribution in [3.05, 3.63) is 29.8 Å². The van der Waals surface area contributed by atoms with Gasteiger partial charge in [0.05, 0.1) is 6.10 Å². The van der Waals surface area contributed by atoms with E-state index < -0.39 is 12.1 Å². The monoisotopic (exact) mass is 512 g/mol. The average molecular weight is 513 g/mol. The number of amides is 2. The lowest BCUT2D eigenvalue weighted by Gasteiger charge is -2.36. The number of Topliss-reactive ketones (excluding diaryl/α,β-unsaturated/α-hetero) is 1. The molecule has 8 heteroatoms. The molecule has 1 aromatic rings. The highest BCUT2D eigenvalue weighted by molar-refractivity contribution is 5.99. The highest BCUT2D eigenvalue weighted by Gasteiger charge is 2.52. The molecule has 1 unspecified atom stereocenters. The summed E-state index contributed by atoms with van der Waals surface area (Å²) in [5, 5.41) is 3.01. The first-order chi connectivity index (χ1) is 17.6. The van der Waals surface area contributed by atoms with E-state index in [-0.39, 0.29) is 41.6 Å². The molecule has 0 radical (unpaired) electrons. The van der Waals surface area contributed by atoms with Crippen molar-refractivity contribution in [1.29, 1.82) is 0 Å². The summed E-state index contributed by atoms with van der Waals surface area (Å²) in [5.74, 6) is -0.350. The molecule has 3 saturated heterocycles. The summed E-state index contributed by atoms with van der Waals surface area (Å²) in [6.45, 7) is 16.2. The van der Waals surface area contributed by atoms with Crippen molar-refractivity contribution in [1.82, 2.24) is 15.1 Å². The Morgan fingerprint density at radius 3 is 2.35 bits per heavy atom. The molecule has 0 bridgehead atoms. The first-order valence-corrected chi connectivity index (χ1v) is 13.9. The predicted molar refractivity (Wildman–Crippen MR) is 145 cm³/mol. The summed E-state index contributed by atoms with van der Waals surface area (Å²) in [5.41, 5.74) is 1.46. The molecule has 3 aliphatic heterocycles. The zero-order valence-corrected chi connectivity index (χ0v) is 23.2. The SMILES string of the molecule is CCCN1CCN(c2ccc(C(=O)NC(CC(C)(C)C)C(=O)N3C[C@@H](CC)[C@H]4OCC(=O)[C@H]43)cc2)CC1. The van der Waals surface area contributed by atoms with Gasteiger partial charge in [-0.25, -0.2) is 0 Å². The van der Waals surface area contributed by atoms with Crippen molar-refractivity contribution in [3.8, 4) is 0 Å². The van der Waals surface area contributed by atoms with Crippen molar-refractivity contribution >= 4 is 23.3 Å². The van der Waals surface area contributed by atoms with E-state index in [9.17, 15) is 14.4 Å². The van der Waals surface area contributed by atoms with Gasteiger partial charge in [0.2, 0.25) is 5.91 Å². The number of hydrogen-bond acceptors (Lipinski definition) is 6. The van der Waals surface area contributed by atoms with Crippen LogP contribution in [0.15, 0.2) is 24.3 Å². The highest BCUT2D eigenvalue weighted by atomic mass is 16.5. The van der Waals surface area contributed by atoms with E-state index >= 15 is 0 Å². The van der Waals surface area contributed by atoms with Crippen LogP contribution in [0.2, 0.25) is 0 Å². The molecule has 0 aliphatic carbocycles. The Kier molecular flexibility index (Phi) is 8.59. The summed E-state index contributed by atoms with van der Waals surface area (Å²) in [6, 6.07) is 6.44. The van der Waals surface area contributed by atoms with Crippen molar-refractivity contribution < 1.29 is 19.1 Å². The van der Waals surface area contributed by atoms with Crippen LogP contribution in [-0.2, 0) is 14.3 Å². The van der Waals surface area contributed by atoms with E-state index in [0.717, 1.165) is 44.8 Å². The standard InChI is InChI=1S/C29H44N4O4/c1-6-12-31-13-15-32(16-14-31)22-10-8-21(9-11-22)27(35)30-23(17-29(3,4)5)28(36)33-18-20(7-2)26-25(33)24(34)19-37-26/h8-11,20,23,25-26H,6-7,12-19H2,1-5H3,(H,30,35)/t20-,23?,25-,26-/m1/s1. The minimum atomic E-state index is -0.705. The van der Waals surface area contributed by atoms with Gasteiger partial charge in [0, 0.05) is 49.9 Å². The maximum Gasteiger partial charge on any atom is 0.251 e. The van der Waals surface area contributed by atoms with E-state index in [4.69, 9.17) is 4.74 Å². The second-order valence-electron chi connectivity index (χ2n) is 12.0. The van der Waals surface area contributed by atoms with Gasteiger partial charge in [-0.3, -0.25) is 19.3 Å². The Labute approximate surface area is 221 Å². The normalized spacial score (nSPS) is 25.3. The molecule has 4 atom stereocenters. The lowest BCUT2D eigenvalue weighted by Crippen LogP contribution is -2.53. The number of ketones is 1. The molecule has 37 heavy (non-hydrogen) atoms. The van der Waals surface area contributed by atoms with Gasteiger partial charge in [0.25, 0.3) is 5.91 Å². The number of benzene rings is 1. The van der Waals surface area contributed by atoms with Gasteiger partial charge in [0.1, 0.15) is 18.7 Å². The Morgan fingerprint density at radius 1 is 1.08 bits per heavy atom. The van der Waals surface area contributed by atoms with Gasteiger partial charge in [-0.1, -0.05) is 34.6 Å². The van der Waals surface area contributed by atoms with Crippen LogP contribution in [0.1, 0.15) is 64.2 Å². The number of fused-ring (bicyclic) bond motifs is 1. The molecule has 204 valence electrons. The number of piperazine rings is 1. The third kappa shape index (κ3) is 6.34. The molecular formula is C29H44N4O4. The minimum Gasteiger partial charge on any atom is -0.369 e. The Balaban J connectivity index is 1.44. The summed E-state index contributed by atoms with van der Waals surface area (Å²) >= 11 is 0. The van der Waals surface area contributed by atoms with Crippen LogP contribution < -0.4 is 10.2 Å². The minimum absolute atomic E-state index is 0.0405. The number of nitrogens with zero attached hydrogens (tertiary/aromatic N) is 3. The van der Waals surface area contributed by atoms with Gasteiger partial charge in [-0.2, -0.15) is 0 Å². The van der Waals surface area contributed by atoms with Gasteiger partial charge < -0.3 is 19.9 Å². The Hall–Kier alpha value is -2.45. The first kappa shape index (κ1) is 27.6. The van der Waals surface area contributed by atoms with Crippen LogP contribution in [0.3, 0.4) is 0 Å². The summed E-state index contributed by atoms with van der Waals surface area (Å²) < 4.78 is 5.75. The average Bonchev–Trinajstić information content (AvgIpc) is 3.43. The fraction of sp³-hybridized carbons (Fsp3) is 0.690. The fourth-order valence-electron chi connectivity index (χ4n) is 5.97. The smallest absolute Gasteiger partial charge is 0.251 e. The zero-order chi connectivity index (χ0) is 26.7. The van der Waals surface area contributed by atoms with E-state index in [2.05, 4.69) is 49.7 Å². The molecule has 1 N–H and O–H groups in total. The molecule has 2 amide bonds. The van der Waals surface area contributed by atoms with Crippen LogP contribution in [0, 0.1) is 11.3 Å². The molecule has 3 aliphatic rings. The Bertz CT molecular complexity index is 965. The maximum absolute atomic E-state index is 13.8. The number of nitrogens with one attached hydrogen (secondary N) is 1. The second kappa shape index (κ2) is 11.5. The van der Waals surface area contributed by atoms with E-state index in [0.29, 0.717) is 18.5 Å². The molecule has 0 aromatic heterocycles. The number of rotatable bonds is 8. The third-order valence-electron chi connectivity index (χ3n) is 7.92. The zero-order valence-electron chi connectivity index (χ0n) is 23.2. The number of carbonyl (C=O) groups is 3. The third-order valence-corrected chi connectivity index (χ3v) is 7.92. The molecule has 0 saturated carbocycles. The fourth-order valence-corrected chi connectivity index (χ4v) is 5.97. The molecule has 3 fully saturated rings. The molecule has 4 rings (SSSR count). The first-order valence-electron chi connectivity index (χ1n) is 13.9. The number of anilines is 1. The van der Waals surface area contributed by atoms with Crippen LogP contribution in [0.25, 0.3) is 0 Å². The quantitative estimate of drug-likeness (QED) is 0.577. The van der Waals surface area contributed by atoms with Crippen molar-refractivity contribution in [2.45, 2.75) is 72.1 Å². The van der Waals surface area contributed by atoms with Crippen molar-refractivity contribution in [2.24, 2.45) is 11.3 Å². The van der Waals surface area contributed by atoms with E-state index in [1.807, 2.05) is 24.3 Å². The lowest BCUT2D eigenvalue weighted by molar-refractivity contribution is -0.138. The van der Waals surface area contributed by atoms with Crippen LogP contribution in [0.5, 0.6) is 0 Å². The topological polar surface area (TPSA) is 82.2 Å². The molecular weight excluding hydrogens is 468 g/mol. The van der Waals surface area contributed by atoms with E-state index in [1.165, 1.54) is 6.42 Å². The van der Waals surface area contributed by atoms with Crippen molar-refractivity contribution in [3.63, 3.8) is 0 Å². The van der Waals surface area contributed by atoms with E-state index in [1.54, 1.807) is 4.90 Å². The largest absolute Gasteiger partial charge is 0.369 e. The summed E-state index contributed by atoms with van der Waals surface area (Å²) in [4.78, 5) is 46.1. The highest BCUT2D eigenvalue weighted by Crippen LogP contribution is 2.35. The number of likely N-dealkylation sites (tertiary alicyclic amines) is 1. The van der Waals surface area contributed by atoms with Gasteiger partial charge in [-0.05, 0) is 55.5 Å². The molecule has 8 nitrogen and oxygen atoms in total.